The van der Waals surface area contributed by atoms with Crippen LogP contribution in [0.4, 0.5) is 4.39 Å². The summed E-state index contributed by atoms with van der Waals surface area (Å²) in [6.07, 6.45) is 2.67. The van der Waals surface area contributed by atoms with Gasteiger partial charge in [-0.15, -0.1) is 0 Å². The third kappa shape index (κ3) is 3.90. The summed E-state index contributed by atoms with van der Waals surface area (Å²) in [5.41, 5.74) is 1.25. The Kier molecular flexibility index (Phi) is 4.97. The Labute approximate surface area is 137 Å². The maximum absolute atomic E-state index is 13.3. The van der Waals surface area contributed by atoms with Crippen LogP contribution in [0.25, 0.3) is 0 Å². The Morgan fingerprint density at radius 1 is 1.30 bits per heavy atom. The van der Waals surface area contributed by atoms with Crippen molar-refractivity contribution in [3.8, 4) is 0 Å². The normalized spacial score (nSPS) is 24.7. The number of carbonyl (C=O) groups is 1. The number of carbonyl (C=O) groups excluding carboxylic acids is 1. The summed E-state index contributed by atoms with van der Waals surface area (Å²) in [6.45, 7) is 5.02. The van der Waals surface area contributed by atoms with E-state index in [0.29, 0.717) is 13.0 Å². The zero-order valence-corrected chi connectivity index (χ0v) is 13.8. The fourth-order valence-electron chi connectivity index (χ4n) is 3.88. The predicted molar refractivity (Wildman–Crippen MR) is 86.4 cm³/mol. The highest BCUT2D eigenvalue weighted by molar-refractivity contribution is 5.76. The Hall–Kier alpha value is -1.46. The van der Waals surface area contributed by atoms with Crippen molar-refractivity contribution in [2.24, 2.45) is 5.41 Å². The summed E-state index contributed by atoms with van der Waals surface area (Å²) in [4.78, 5) is 16.5. The monoisotopic (exact) mass is 320 g/mol. The maximum Gasteiger partial charge on any atom is 0.224 e. The molecule has 0 bridgehead atoms. The van der Waals surface area contributed by atoms with Gasteiger partial charge in [0.05, 0.1) is 13.0 Å². The lowest BCUT2D eigenvalue weighted by molar-refractivity contribution is -0.131. The number of methoxy groups -OCH3 is 1. The molecule has 2 saturated heterocycles. The van der Waals surface area contributed by atoms with E-state index in [4.69, 9.17) is 4.74 Å². The van der Waals surface area contributed by atoms with Gasteiger partial charge in [0.1, 0.15) is 5.82 Å². The molecule has 5 heteroatoms. The molecule has 0 aliphatic carbocycles. The summed E-state index contributed by atoms with van der Waals surface area (Å²) in [5.74, 6) is 0.0273. The first-order chi connectivity index (χ1) is 11.1. The van der Waals surface area contributed by atoms with Crippen LogP contribution in [0.3, 0.4) is 0 Å². The van der Waals surface area contributed by atoms with Crippen LogP contribution >= 0.6 is 0 Å². The second-order valence-electron chi connectivity index (χ2n) is 6.90. The summed E-state index contributed by atoms with van der Waals surface area (Å²) < 4.78 is 18.3. The van der Waals surface area contributed by atoms with E-state index in [1.165, 1.54) is 6.07 Å². The van der Waals surface area contributed by atoms with E-state index in [9.17, 15) is 9.18 Å². The molecule has 1 aromatic carbocycles. The molecule has 2 heterocycles. The van der Waals surface area contributed by atoms with Crippen LogP contribution in [-0.2, 0) is 16.1 Å². The van der Waals surface area contributed by atoms with Gasteiger partial charge in [-0.1, -0.05) is 12.1 Å². The minimum atomic E-state index is -0.174. The molecule has 0 N–H and O–H groups in total. The average molecular weight is 320 g/mol. The Bertz CT molecular complexity index is 566. The van der Waals surface area contributed by atoms with Gasteiger partial charge < -0.3 is 9.64 Å². The highest BCUT2D eigenvalue weighted by Gasteiger charge is 2.44. The van der Waals surface area contributed by atoms with E-state index in [1.807, 2.05) is 11.0 Å². The van der Waals surface area contributed by atoms with Gasteiger partial charge in [0.2, 0.25) is 5.91 Å². The van der Waals surface area contributed by atoms with Gasteiger partial charge in [-0.25, -0.2) is 4.39 Å². The third-order valence-corrected chi connectivity index (χ3v) is 5.12. The molecule has 3 rings (SSSR count). The number of ether oxygens (including phenoxy) is 1. The highest BCUT2D eigenvalue weighted by Crippen LogP contribution is 2.40. The molecule has 126 valence electrons. The molecule has 4 nitrogen and oxygen atoms in total. The first-order valence-electron chi connectivity index (χ1n) is 8.34. The number of benzene rings is 1. The van der Waals surface area contributed by atoms with Crippen LogP contribution in [0, 0.1) is 11.2 Å². The molecule has 1 aromatic rings. The first-order valence-corrected chi connectivity index (χ1v) is 8.34. The van der Waals surface area contributed by atoms with Gasteiger partial charge in [-0.05, 0) is 37.1 Å². The number of likely N-dealkylation sites (tertiary alicyclic amines) is 2. The van der Waals surface area contributed by atoms with E-state index in [2.05, 4.69) is 4.90 Å². The van der Waals surface area contributed by atoms with Crippen molar-refractivity contribution in [3.63, 3.8) is 0 Å². The smallest absolute Gasteiger partial charge is 0.224 e. The molecule has 2 aliphatic heterocycles. The van der Waals surface area contributed by atoms with Gasteiger partial charge >= 0.3 is 0 Å². The molecule has 1 amide bonds. The van der Waals surface area contributed by atoms with E-state index >= 15 is 0 Å². The Morgan fingerprint density at radius 3 is 2.91 bits per heavy atom. The molecule has 2 fully saturated rings. The molecule has 0 unspecified atom stereocenters. The number of hydrogen-bond acceptors (Lipinski definition) is 3. The van der Waals surface area contributed by atoms with Crippen LogP contribution in [-0.4, -0.2) is 55.6 Å². The lowest BCUT2D eigenvalue weighted by Crippen LogP contribution is -2.34. The largest absolute Gasteiger partial charge is 0.384 e. The number of hydrogen-bond donors (Lipinski definition) is 0. The topological polar surface area (TPSA) is 32.8 Å². The van der Waals surface area contributed by atoms with E-state index in [-0.39, 0.29) is 17.1 Å². The van der Waals surface area contributed by atoms with E-state index < -0.39 is 0 Å². The molecule has 1 atom stereocenters. The van der Waals surface area contributed by atoms with Crippen LogP contribution in [0.15, 0.2) is 24.3 Å². The number of amides is 1. The molecule has 0 aromatic heterocycles. The minimum Gasteiger partial charge on any atom is -0.384 e. The van der Waals surface area contributed by atoms with Gasteiger partial charge in [0, 0.05) is 38.7 Å². The van der Waals surface area contributed by atoms with Crippen molar-refractivity contribution in [2.45, 2.75) is 25.8 Å². The second kappa shape index (κ2) is 6.97. The zero-order chi connectivity index (χ0) is 16.3. The van der Waals surface area contributed by atoms with Crippen molar-refractivity contribution in [3.05, 3.63) is 35.6 Å². The van der Waals surface area contributed by atoms with Crippen molar-refractivity contribution in [2.75, 3.05) is 39.9 Å². The van der Waals surface area contributed by atoms with E-state index in [1.54, 1.807) is 19.2 Å². The molecule has 1 spiro atoms. The molecule has 0 radical (unpaired) electrons. The van der Waals surface area contributed by atoms with Gasteiger partial charge in [-0.3, -0.25) is 9.69 Å². The van der Waals surface area contributed by atoms with Gasteiger partial charge in [0.25, 0.3) is 0 Å². The summed E-state index contributed by atoms with van der Waals surface area (Å²) >= 11 is 0. The zero-order valence-electron chi connectivity index (χ0n) is 13.8. The van der Waals surface area contributed by atoms with Crippen molar-refractivity contribution in [1.29, 1.82) is 0 Å². The summed E-state index contributed by atoms with van der Waals surface area (Å²) in [6, 6.07) is 6.83. The van der Waals surface area contributed by atoms with Crippen molar-refractivity contribution in [1.82, 2.24) is 9.80 Å². The van der Waals surface area contributed by atoms with Crippen LogP contribution in [0.1, 0.15) is 24.8 Å². The standard InChI is InChI=1S/C18H25FN2O2/c1-23-10-5-17(22)21-9-7-18(14-21)6-8-20(13-18)12-15-3-2-4-16(19)11-15/h2-4,11H,5-10,12-14H2,1H3/t18-/m1/s1. The quantitative estimate of drug-likeness (QED) is 0.834. The second-order valence-corrected chi connectivity index (χ2v) is 6.90. The maximum atomic E-state index is 13.3. The van der Waals surface area contributed by atoms with Gasteiger partial charge in [0.15, 0.2) is 0 Å². The lowest BCUT2D eigenvalue weighted by Gasteiger charge is -2.25. The summed E-state index contributed by atoms with van der Waals surface area (Å²) in [7, 11) is 1.63. The summed E-state index contributed by atoms with van der Waals surface area (Å²) in [5, 5.41) is 0. The highest BCUT2D eigenvalue weighted by atomic mass is 19.1. The van der Waals surface area contributed by atoms with E-state index in [0.717, 1.165) is 51.1 Å². The van der Waals surface area contributed by atoms with Gasteiger partial charge in [-0.2, -0.15) is 0 Å². The molecular weight excluding hydrogens is 295 g/mol. The fraction of sp³-hybridized carbons (Fsp3) is 0.611. The SMILES string of the molecule is COCCC(=O)N1CC[C@@]2(CCN(Cc3cccc(F)c3)C2)C1. The average Bonchev–Trinajstić information content (AvgIpc) is 3.12. The molecule has 0 saturated carbocycles. The lowest BCUT2D eigenvalue weighted by atomic mass is 9.86. The number of rotatable bonds is 5. The Morgan fingerprint density at radius 2 is 2.13 bits per heavy atom. The number of nitrogens with zero attached hydrogens (tertiary/aromatic N) is 2. The van der Waals surface area contributed by atoms with Crippen LogP contribution in [0.5, 0.6) is 0 Å². The van der Waals surface area contributed by atoms with Crippen LogP contribution < -0.4 is 0 Å². The van der Waals surface area contributed by atoms with Crippen molar-refractivity contribution < 1.29 is 13.9 Å². The third-order valence-electron chi connectivity index (χ3n) is 5.12. The fourth-order valence-corrected chi connectivity index (χ4v) is 3.88. The molecule has 2 aliphatic rings. The Balaban J connectivity index is 1.54. The number of halogens is 1. The van der Waals surface area contributed by atoms with Crippen LogP contribution in [0.2, 0.25) is 0 Å². The molecule has 23 heavy (non-hydrogen) atoms. The first kappa shape index (κ1) is 16.4. The predicted octanol–water partition coefficient (Wildman–Crippen LogP) is 2.29. The molecular formula is C18H25FN2O2. The minimum absolute atomic E-state index is 0.174. The van der Waals surface area contributed by atoms with Crippen molar-refractivity contribution >= 4 is 5.91 Å².